The SMILES string of the molecule is Cn1cc(CC(c2ccc(-c3c(-n4cnnn4)ccc(Cl)c3F)c[n+]2[O-])n2cc(-c3ccnc(C(F)(F)F)c3)cn2)nn1. The van der Waals surface area contributed by atoms with Gasteiger partial charge in [-0.25, -0.2) is 4.39 Å². The van der Waals surface area contributed by atoms with Gasteiger partial charge in [0.15, 0.2) is 12.0 Å². The van der Waals surface area contributed by atoms with Crippen LogP contribution in [-0.4, -0.2) is 50.0 Å². The van der Waals surface area contributed by atoms with Crippen LogP contribution in [-0.2, 0) is 19.6 Å². The standard InChI is InChI=1S/C26H18ClF4N11O/c1-39-13-18(35-37-39)9-22(40-11-17(10-34-40)15-6-7-32-23(8-15)26(29,30)31)20-4-2-16(12-42(20)43)24-21(41-14-33-36-38-41)5-3-19(27)25(24)28/h2-8,10-14,22H,9H2,1H3. The first kappa shape index (κ1) is 27.9. The van der Waals surface area contributed by atoms with E-state index in [1.807, 2.05) is 0 Å². The van der Waals surface area contributed by atoms with E-state index in [0.29, 0.717) is 16.0 Å². The number of alkyl halides is 3. The summed E-state index contributed by atoms with van der Waals surface area (Å²) >= 11 is 6.06. The van der Waals surface area contributed by atoms with E-state index in [1.165, 1.54) is 63.2 Å². The molecule has 0 spiro atoms. The topological polar surface area (TPSA) is 132 Å². The lowest BCUT2D eigenvalue weighted by molar-refractivity contribution is -0.615. The zero-order valence-corrected chi connectivity index (χ0v) is 22.7. The summed E-state index contributed by atoms with van der Waals surface area (Å²) in [6.45, 7) is 0. The Morgan fingerprint density at radius 3 is 2.58 bits per heavy atom. The van der Waals surface area contributed by atoms with Crippen molar-refractivity contribution in [2.45, 2.75) is 18.6 Å². The lowest BCUT2D eigenvalue weighted by Gasteiger charge is -2.17. The van der Waals surface area contributed by atoms with Crippen molar-refractivity contribution in [3.05, 3.63) is 107 Å². The maximum atomic E-state index is 15.3. The number of aromatic nitrogens is 11. The van der Waals surface area contributed by atoms with Crippen LogP contribution < -0.4 is 4.73 Å². The summed E-state index contributed by atoms with van der Waals surface area (Å²) in [6.07, 6.45) is 3.64. The number of tetrazole rings is 1. The first-order valence-electron chi connectivity index (χ1n) is 12.5. The van der Waals surface area contributed by atoms with E-state index in [-0.39, 0.29) is 39.5 Å². The number of hydrogen-bond acceptors (Lipinski definition) is 8. The zero-order chi connectivity index (χ0) is 30.3. The Bertz CT molecular complexity index is 1920. The van der Waals surface area contributed by atoms with Gasteiger partial charge < -0.3 is 5.21 Å². The minimum Gasteiger partial charge on any atom is -0.618 e. The van der Waals surface area contributed by atoms with Crippen LogP contribution in [0.5, 0.6) is 0 Å². The molecule has 0 aliphatic rings. The molecule has 1 aromatic carbocycles. The highest BCUT2D eigenvalue weighted by Crippen LogP contribution is 2.34. The van der Waals surface area contributed by atoms with E-state index in [1.54, 1.807) is 19.3 Å². The molecule has 6 aromatic rings. The number of hydrogen-bond donors (Lipinski definition) is 0. The lowest BCUT2D eigenvalue weighted by Crippen LogP contribution is -2.36. The van der Waals surface area contributed by atoms with Crippen molar-refractivity contribution in [1.82, 2.24) is 50.0 Å². The van der Waals surface area contributed by atoms with E-state index in [9.17, 15) is 18.4 Å². The molecule has 17 heteroatoms. The summed E-state index contributed by atoms with van der Waals surface area (Å²) in [7, 11) is 1.68. The Kier molecular flexibility index (Phi) is 7.05. The van der Waals surface area contributed by atoms with Crippen LogP contribution >= 0.6 is 11.6 Å². The summed E-state index contributed by atoms with van der Waals surface area (Å²) in [5.74, 6) is -0.772. The number of rotatable bonds is 7. The molecule has 12 nitrogen and oxygen atoms in total. The van der Waals surface area contributed by atoms with Crippen LogP contribution in [0.15, 0.2) is 73.7 Å². The molecule has 0 fully saturated rings. The largest absolute Gasteiger partial charge is 0.618 e. The van der Waals surface area contributed by atoms with E-state index in [2.05, 4.69) is 35.9 Å². The fourth-order valence-corrected chi connectivity index (χ4v) is 4.78. The molecule has 43 heavy (non-hydrogen) atoms. The maximum Gasteiger partial charge on any atom is 0.433 e. The van der Waals surface area contributed by atoms with Gasteiger partial charge in [-0.2, -0.15) is 27.7 Å². The van der Waals surface area contributed by atoms with E-state index >= 15 is 4.39 Å². The molecular weight excluding hydrogens is 594 g/mol. The fraction of sp³-hybridized carbons (Fsp3) is 0.154. The molecule has 0 amide bonds. The Hall–Kier alpha value is -5.25. The number of benzene rings is 1. The van der Waals surface area contributed by atoms with Crippen LogP contribution in [0.25, 0.3) is 27.9 Å². The minimum absolute atomic E-state index is 0.000886. The molecule has 0 saturated heterocycles. The highest BCUT2D eigenvalue weighted by atomic mass is 35.5. The van der Waals surface area contributed by atoms with Crippen molar-refractivity contribution in [3.8, 4) is 27.9 Å². The molecule has 1 atom stereocenters. The van der Waals surface area contributed by atoms with Crippen molar-refractivity contribution < 1.29 is 22.3 Å². The minimum atomic E-state index is -4.62. The Labute approximate surface area is 244 Å². The van der Waals surface area contributed by atoms with Gasteiger partial charge in [-0.15, -0.1) is 10.2 Å². The molecule has 0 aliphatic heterocycles. The second-order valence-electron chi connectivity index (χ2n) is 9.42. The summed E-state index contributed by atoms with van der Waals surface area (Å²) in [5.41, 5.74) is 0.738. The average Bonchev–Trinajstić information content (AvgIpc) is 3.76. The molecular formula is C26H18ClF4N11O. The Morgan fingerprint density at radius 2 is 1.88 bits per heavy atom. The van der Waals surface area contributed by atoms with E-state index in [4.69, 9.17) is 11.6 Å². The predicted molar refractivity (Wildman–Crippen MR) is 142 cm³/mol. The second kappa shape index (κ2) is 10.9. The zero-order valence-electron chi connectivity index (χ0n) is 21.9. The third kappa shape index (κ3) is 5.51. The first-order valence-corrected chi connectivity index (χ1v) is 12.8. The molecule has 0 radical (unpaired) electrons. The number of halogens is 5. The van der Waals surface area contributed by atoms with Crippen LogP contribution in [0, 0.1) is 11.0 Å². The van der Waals surface area contributed by atoms with Gasteiger partial charge in [0.1, 0.15) is 18.1 Å². The third-order valence-corrected chi connectivity index (χ3v) is 6.89. The van der Waals surface area contributed by atoms with E-state index in [0.717, 1.165) is 12.3 Å². The molecule has 0 aliphatic carbocycles. The maximum absolute atomic E-state index is 15.3. The van der Waals surface area contributed by atoms with Crippen molar-refractivity contribution in [1.29, 1.82) is 0 Å². The number of pyridine rings is 2. The van der Waals surface area contributed by atoms with Gasteiger partial charge in [0.2, 0.25) is 5.69 Å². The monoisotopic (exact) mass is 611 g/mol. The molecule has 5 aromatic heterocycles. The van der Waals surface area contributed by atoms with Crippen LogP contribution in [0.4, 0.5) is 17.6 Å². The molecule has 6 rings (SSSR count). The summed E-state index contributed by atoms with van der Waals surface area (Å²) in [6, 6.07) is 7.49. The average molecular weight is 612 g/mol. The van der Waals surface area contributed by atoms with E-state index < -0.39 is 23.7 Å². The Balaban J connectivity index is 1.42. The molecule has 218 valence electrons. The van der Waals surface area contributed by atoms with Crippen molar-refractivity contribution >= 4 is 11.6 Å². The van der Waals surface area contributed by atoms with Crippen molar-refractivity contribution in [2.75, 3.05) is 0 Å². The van der Waals surface area contributed by atoms with Gasteiger partial charge >= 0.3 is 6.18 Å². The van der Waals surface area contributed by atoms with Crippen molar-refractivity contribution in [3.63, 3.8) is 0 Å². The molecule has 0 saturated carbocycles. The van der Waals surface area contributed by atoms with Crippen LogP contribution in [0.2, 0.25) is 5.02 Å². The highest BCUT2D eigenvalue weighted by molar-refractivity contribution is 6.31. The highest BCUT2D eigenvalue weighted by Gasteiger charge is 2.33. The molecule has 5 heterocycles. The summed E-state index contributed by atoms with van der Waals surface area (Å²) in [5, 5.41) is 36.8. The van der Waals surface area contributed by atoms with Gasteiger partial charge in [0.05, 0.1) is 33.7 Å². The van der Waals surface area contributed by atoms with Crippen LogP contribution in [0.1, 0.15) is 23.1 Å². The van der Waals surface area contributed by atoms with Gasteiger partial charge in [-0.1, -0.05) is 16.8 Å². The predicted octanol–water partition coefficient (Wildman–Crippen LogP) is 3.99. The van der Waals surface area contributed by atoms with Gasteiger partial charge in [0.25, 0.3) is 0 Å². The molecule has 0 N–H and O–H groups in total. The summed E-state index contributed by atoms with van der Waals surface area (Å²) < 4.78 is 59.8. The van der Waals surface area contributed by atoms with Crippen molar-refractivity contribution in [2.24, 2.45) is 7.05 Å². The van der Waals surface area contributed by atoms with Gasteiger partial charge in [-0.3, -0.25) is 14.3 Å². The van der Waals surface area contributed by atoms with Gasteiger partial charge in [-0.05, 0) is 46.3 Å². The second-order valence-corrected chi connectivity index (χ2v) is 9.83. The molecule has 1 unspecified atom stereocenters. The lowest BCUT2D eigenvalue weighted by atomic mass is 10.0. The number of nitrogens with zero attached hydrogens (tertiary/aromatic N) is 11. The normalized spacial score (nSPS) is 12.5. The van der Waals surface area contributed by atoms with Gasteiger partial charge in [0, 0.05) is 43.7 Å². The Morgan fingerprint density at radius 1 is 1.05 bits per heavy atom. The first-order chi connectivity index (χ1) is 20.6. The third-order valence-electron chi connectivity index (χ3n) is 6.60. The quantitative estimate of drug-likeness (QED) is 0.150. The fourth-order valence-electron chi connectivity index (χ4n) is 4.62. The summed E-state index contributed by atoms with van der Waals surface area (Å²) in [4.78, 5) is 3.40. The smallest absolute Gasteiger partial charge is 0.433 e. The number of aryl methyl sites for hydroxylation is 1. The van der Waals surface area contributed by atoms with Crippen LogP contribution in [0.3, 0.4) is 0 Å². The molecule has 0 bridgehead atoms.